The average Bonchev–Trinajstić information content (AvgIpc) is 3.33. The Kier molecular flexibility index (Phi) is 11.6. The van der Waals surface area contributed by atoms with Gasteiger partial charge in [0.15, 0.2) is 18.1 Å². The zero-order valence-electron chi connectivity index (χ0n) is 27.4. The first kappa shape index (κ1) is 36.9. The molecule has 0 saturated carbocycles. The Hall–Kier alpha value is -3.92. The molecule has 0 fully saturated rings. The van der Waals surface area contributed by atoms with Crippen LogP contribution in [0.4, 0.5) is 17.2 Å². The van der Waals surface area contributed by atoms with Gasteiger partial charge in [-0.05, 0) is 77.9 Å². The Morgan fingerprint density at radius 1 is 0.958 bits per heavy atom. The van der Waals surface area contributed by atoms with Gasteiger partial charge in [0, 0.05) is 21.8 Å². The van der Waals surface area contributed by atoms with Crippen molar-refractivity contribution in [2.75, 3.05) is 17.2 Å². The van der Waals surface area contributed by atoms with Crippen molar-refractivity contribution in [2.45, 2.75) is 65.2 Å². The molecule has 0 saturated heterocycles. The van der Waals surface area contributed by atoms with Crippen molar-refractivity contribution in [3.05, 3.63) is 96.7 Å². The van der Waals surface area contributed by atoms with E-state index in [1.165, 1.54) is 23.8 Å². The molecule has 9 nitrogen and oxygen atoms in total. The molecule has 0 aliphatic heterocycles. The van der Waals surface area contributed by atoms with Crippen LogP contribution in [0.5, 0.6) is 5.75 Å². The average molecular weight is 729 g/mol. The molecule has 2 amide bonds. The van der Waals surface area contributed by atoms with Gasteiger partial charge in [0.1, 0.15) is 11.4 Å². The van der Waals surface area contributed by atoms with Gasteiger partial charge < -0.3 is 15.4 Å². The fourth-order valence-electron chi connectivity index (χ4n) is 4.84. The number of carbonyl (C=O) groups excluding carboxylic acids is 2. The molecule has 1 heterocycles. The summed E-state index contributed by atoms with van der Waals surface area (Å²) in [7, 11) is 0. The molecule has 0 unspecified atom stereocenters. The highest BCUT2D eigenvalue weighted by atomic mass is 35.5. The van der Waals surface area contributed by atoms with E-state index in [4.69, 9.17) is 51.8 Å². The van der Waals surface area contributed by atoms with Crippen molar-refractivity contribution in [3.8, 4) is 11.4 Å². The minimum atomic E-state index is -0.691. The van der Waals surface area contributed by atoms with Crippen molar-refractivity contribution in [2.24, 2.45) is 4.99 Å². The van der Waals surface area contributed by atoms with E-state index in [0.717, 1.165) is 23.1 Å². The van der Waals surface area contributed by atoms with Crippen LogP contribution in [-0.2, 0) is 15.6 Å². The quantitative estimate of drug-likeness (QED) is 0.0993. The fraction of sp³-hybridized carbons (Fsp3) is 0.314. The van der Waals surface area contributed by atoms with Crippen LogP contribution in [0, 0.1) is 0 Å². The lowest BCUT2D eigenvalue weighted by molar-refractivity contribution is -0.118. The standard InChI is InChI=1S/C35H36Cl3N5O4S/c1-7-34(3,4)21-12-13-27(24(15-21)35(5,6)8-2)47-18-28(44)40-23-11-9-10-20(14-23)32(45)41-31-29(39-19-48)33(46)43(42-31)30-25(37)16-22(36)17-26(30)38/h9-17,42H,7-8,18H2,1-6H3,(H,40,44)(H,41,45). The third kappa shape index (κ3) is 8.20. The van der Waals surface area contributed by atoms with E-state index in [9.17, 15) is 14.4 Å². The van der Waals surface area contributed by atoms with Gasteiger partial charge in [0.2, 0.25) is 0 Å². The Morgan fingerprint density at radius 2 is 1.62 bits per heavy atom. The molecule has 48 heavy (non-hydrogen) atoms. The normalized spacial score (nSPS) is 11.5. The van der Waals surface area contributed by atoms with E-state index >= 15 is 0 Å². The highest BCUT2D eigenvalue weighted by Crippen LogP contribution is 2.38. The first-order valence-corrected chi connectivity index (χ1v) is 16.7. The van der Waals surface area contributed by atoms with E-state index in [1.54, 1.807) is 18.2 Å². The second-order valence-electron chi connectivity index (χ2n) is 12.5. The van der Waals surface area contributed by atoms with Crippen molar-refractivity contribution in [3.63, 3.8) is 0 Å². The number of hydrogen-bond acceptors (Lipinski definition) is 6. The highest BCUT2D eigenvalue weighted by molar-refractivity contribution is 7.78. The summed E-state index contributed by atoms with van der Waals surface area (Å²) in [5, 5.41) is 10.7. The molecule has 1 aromatic heterocycles. The largest absolute Gasteiger partial charge is 0.483 e. The summed E-state index contributed by atoms with van der Waals surface area (Å²) in [4.78, 5) is 43.3. The van der Waals surface area contributed by atoms with Gasteiger partial charge in [-0.1, -0.05) is 94.5 Å². The maximum absolute atomic E-state index is 13.3. The molecule has 3 N–H and O–H groups in total. The number of H-pyrrole nitrogens is 1. The van der Waals surface area contributed by atoms with Crippen LogP contribution < -0.4 is 20.9 Å². The number of benzene rings is 3. The number of aromatic nitrogens is 2. The molecule has 4 rings (SSSR count). The molecule has 0 aliphatic rings. The molecule has 4 aromatic rings. The second kappa shape index (κ2) is 15.1. The van der Waals surface area contributed by atoms with E-state index in [1.807, 2.05) is 6.07 Å². The fourth-order valence-corrected chi connectivity index (χ4v) is 5.91. The number of ether oxygens (including phenoxy) is 1. The van der Waals surface area contributed by atoms with E-state index in [2.05, 4.69) is 79.6 Å². The van der Waals surface area contributed by atoms with E-state index in [0.29, 0.717) is 11.4 Å². The molecule has 0 aliphatic carbocycles. The summed E-state index contributed by atoms with van der Waals surface area (Å²) in [5.74, 6) is -0.433. The minimum absolute atomic E-state index is 0.00176. The van der Waals surface area contributed by atoms with Crippen LogP contribution >= 0.6 is 47.0 Å². The van der Waals surface area contributed by atoms with Crippen molar-refractivity contribution in [1.29, 1.82) is 0 Å². The van der Waals surface area contributed by atoms with E-state index in [-0.39, 0.29) is 55.3 Å². The van der Waals surface area contributed by atoms with E-state index < -0.39 is 17.4 Å². The molecule has 252 valence electrons. The van der Waals surface area contributed by atoms with Crippen molar-refractivity contribution >= 4 is 81.2 Å². The summed E-state index contributed by atoms with van der Waals surface area (Å²) in [6.45, 7) is 12.8. The lowest BCUT2D eigenvalue weighted by atomic mass is 9.76. The minimum Gasteiger partial charge on any atom is -0.483 e. The Bertz CT molecular complexity index is 1960. The molecule has 0 bridgehead atoms. The summed E-state index contributed by atoms with van der Waals surface area (Å²) >= 11 is 23.4. The lowest BCUT2D eigenvalue weighted by Gasteiger charge is -2.30. The first-order valence-electron chi connectivity index (χ1n) is 15.2. The molecular formula is C35H36Cl3N5O4S. The number of isothiocyanates is 1. The molecular weight excluding hydrogens is 693 g/mol. The Morgan fingerprint density at radius 3 is 2.25 bits per heavy atom. The van der Waals surface area contributed by atoms with Gasteiger partial charge in [-0.2, -0.15) is 4.99 Å². The van der Waals surface area contributed by atoms with Gasteiger partial charge in [-0.25, -0.2) is 4.68 Å². The van der Waals surface area contributed by atoms with Gasteiger partial charge in [0.25, 0.3) is 17.4 Å². The van der Waals surface area contributed by atoms with Crippen molar-refractivity contribution < 1.29 is 14.3 Å². The number of nitrogens with zero attached hydrogens (tertiary/aromatic N) is 2. The molecule has 0 radical (unpaired) electrons. The SMILES string of the molecule is CCC(C)(C)c1ccc(OCC(=O)Nc2cccc(C(=O)Nc3[nH]n(-c4c(Cl)cc(Cl)cc4Cl)c(=O)c3N=C=S)c2)c(C(C)(C)CC)c1. The molecule has 0 atom stereocenters. The van der Waals surface area contributed by atoms with Gasteiger partial charge in [0.05, 0.1) is 15.2 Å². The Labute approximate surface area is 299 Å². The van der Waals surface area contributed by atoms with Gasteiger partial charge >= 0.3 is 0 Å². The topological polar surface area (TPSA) is 118 Å². The van der Waals surface area contributed by atoms with Crippen molar-refractivity contribution in [1.82, 2.24) is 9.78 Å². The van der Waals surface area contributed by atoms with Gasteiger partial charge in [-0.3, -0.25) is 19.5 Å². The summed E-state index contributed by atoms with van der Waals surface area (Å²) in [6, 6.07) is 15.3. The lowest BCUT2D eigenvalue weighted by Crippen LogP contribution is -2.24. The zero-order valence-corrected chi connectivity index (χ0v) is 30.5. The number of hydrogen-bond donors (Lipinski definition) is 3. The predicted octanol–water partition coefficient (Wildman–Crippen LogP) is 9.51. The maximum Gasteiger partial charge on any atom is 0.300 e. The Balaban J connectivity index is 1.52. The molecule has 3 aromatic carbocycles. The number of aromatic amines is 1. The van der Waals surface area contributed by atoms with Crippen LogP contribution in [0.25, 0.3) is 5.69 Å². The number of amides is 2. The summed E-state index contributed by atoms with van der Waals surface area (Å²) in [5.41, 5.74) is 1.84. The highest BCUT2D eigenvalue weighted by Gasteiger charge is 2.27. The van der Waals surface area contributed by atoms with Crippen LogP contribution in [0.1, 0.15) is 75.9 Å². The first-order chi connectivity index (χ1) is 22.6. The number of thiocarbonyl (C=S) groups is 1. The summed E-state index contributed by atoms with van der Waals surface area (Å²) < 4.78 is 7.07. The number of anilines is 2. The second-order valence-corrected chi connectivity index (χ2v) is 13.9. The number of aliphatic imine (C=N–C) groups is 1. The molecule has 13 heteroatoms. The molecule has 0 spiro atoms. The predicted molar refractivity (Wildman–Crippen MR) is 198 cm³/mol. The number of nitrogens with one attached hydrogen (secondary N) is 3. The third-order valence-electron chi connectivity index (χ3n) is 8.49. The maximum atomic E-state index is 13.3. The van der Waals surface area contributed by atoms with Crippen LogP contribution in [0.15, 0.2) is 64.4 Å². The number of halogens is 3. The summed E-state index contributed by atoms with van der Waals surface area (Å²) in [6.07, 6.45) is 1.87. The number of carbonyl (C=O) groups is 2. The zero-order chi connectivity index (χ0) is 35.4. The van der Waals surface area contributed by atoms with Crippen LogP contribution in [-0.4, -0.2) is 33.4 Å². The smallest absolute Gasteiger partial charge is 0.300 e. The third-order valence-corrected chi connectivity index (χ3v) is 9.38. The van der Waals surface area contributed by atoms with Crippen LogP contribution in [0.2, 0.25) is 15.1 Å². The van der Waals surface area contributed by atoms with Gasteiger partial charge in [-0.15, -0.1) is 0 Å². The van der Waals surface area contributed by atoms with Crippen LogP contribution in [0.3, 0.4) is 0 Å². The monoisotopic (exact) mass is 727 g/mol. The number of rotatable bonds is 12.